The number of carbonyl (C=O) groups excluding carboxylic acids is 2. The van der Waals surface area contributed by atoms with Gasteiger partial charge < -0.3 is 10.6 Å². The molecule has 1 aliphatic heterocycles. The van der Waals surface area contributed by atoms with E-state index in [4.69, 9.17) is 11.6 Å². The number of rotatable bonds is 5. The number of halogens is 4. The average molecular weight is 493 g/mol. The molecule has 0 unspecified atom stereocenters. The number of anilines is 1. The van der Waals surface area contributed by atoms with E-state index in [1.807, 2.05) is 10.3 Å². The van der Waals surface area contributed by atoms with Crippen molar-refractivity contribution in [3.8, 4) is 0 Å². The molecule has 0 fully saturated rings. The summed E-state index contributed by atoms with van der Waals surface area (Å²) < 4.78 is 44.1. The summed E-state index contributed by atoms with van der Waals surface area (Å²) in [5, 5.41) is 3.92. The molecule has 1 atom stereocenters. The fourth-order valence-electron chi connectivity index (χ4n) is 3.77. The third-order valence-corrected chi connectivity index (χ3v) is 5.70. The number of H-pyrrole nitrogens is 1. The van der Waals surface area contributed by atoms with Gasteiger partial charge in [0.25, 0.3) is 22.9 Å². The molecule has 1 aromatic heterocycles. The molecule has 2 amide bonds. The maximum atomic E-state index is 14.4. The van der Waals surface area contributed by atoms with Gasteiger partial charge in [-0.15, -0.1) is 0 Å². The van der Waals surface area contributed by atoms with Crippen LogP contribution in [0.15, 0.2) is 64.2 Å². The molecule has 2 heterocycles. The lowest BCUT2D eigenvalue weighted by Crippen LogP contribution is -2.62. The zero-order chi connectivity index (χ0) is 24.7. The number of hydrogen-bond donors (Lipinski definition) is 3. The Kier molecular flexibility index (Phi) is 5.82. The molecule has 0 saturated heterocycles. The number of fused-ring (bicyclic) bond motifs is 1. The Morgan fingerprint density at radius 2 is 1.68 bits per heavy atom. The van der Waals surface area contributed by atoms with Gasteiger partial charge in [0.15, 0.2) is 0 Å². The van der Waals surface area contributed by atoms with Gasteiger partial charge in [0.05, 0.1) is 0 Å². The topological polar surface area (TPSA) is 113 Å². The molecule has 34 heavy (non-hydrogen) atoms. The van der Waals surface area contributed by atoms with E-state index in [0.29, 0.717) is 0 Å². The predicted octanol–water partition coefficient (Wildman–Crippen LogP) is 2.57. The first-order valence-corrected chi connectivity index (χ1v) is 10.3. The largest absolute Gasteiger partial charge is 0.425 e. The van der Waals surface area contributed by atoms with Crippen LogP contribution in [0.4, 0.5) is 19.0 Å². The van der Waals surface area contributed by atoms with E-state index in [1.165, 1.54) is 24.3 Å². The Morgan fingerprint density at radius 3 is 2.29 bits per heavy atom. The van der Waals surface area contributed by atoms with Gasteiger partial charge in [-0.05, 0) is 36.2 Å². The lowest BCUT2D eigenvalue weighted by atomic mass is 9.91. The Morgan fingerprint density at radius 1 is 1.03 bits per heavy atom. The smallest absolute Gasteiger partial charge is 0.326 e. The monoisotopic (exact) mass is 492 g/mol. The number of aromatic amines is 1. The maximum absolute atomic E-state index is 14.4. The van der Waals surface area contributed by atoms with Gasteiger partial charge >= 0.3 is 11.9 Å². The van der Waals surface area contributed by atoms with Gasteiger partial charge in [-0.2, -0.15) is 13.2 Å². The minimum Gasteiger partial charge on any atom is -0.326 e. The first-order valence-electron chi connectivity index (χ1n) is 9.92. The van der Waals surface area contributed by atoms with E-state index < -0.39 is 46.2 Å². The van der Waals surface area contributed by atoms with Crippen molar-refractivity contribution < 1.29 is 22.8 Å². The van der Waals surface area contributed by atoms with Crippen molar-refractivity contribution in [3.05, 3.63) is 97.1 Å². The van der Waals surface area contributed by atoms with E-state index in [2.05, 4.69) is 0 Å². The van der Waals surface area contributed by atoms with E-state index in [9.17, 15) is 32.3 Å². The van der Waals surface area contributed by atoms with E-state index >= 15 is 0 Å². The quantitative estimate of drug-likeness (QED) is 0.508. The lowest BCUT2D eigenvalue weighted by molar-refractivity contribution is -0.196. The van der Waals surface area contributed by atoms with E-state index in [-0.39, 0.29) is 23.6 Å². The van der Waals surface area contributed by atoms with Crippen LogP contribution in [0.2, 0.25) is 5.02 Å². The number of nitrogens with one attached hydrogen (secondary N) is 3. The molecule has 0 radical (unpaired) electrons. The number of aryl methyl sites for hydroxylation is 1. The highest BCUT2D eigenvalue weighted by atomic mass is 35.5. The molecule has 2 aromatic carbocycles. The summed E-state index contributed by atoms with van der Waals surface area (Å²) in [6.07, 6.45) is -5.19. The Hall–Kier alpha value is -3.86. The minimum atomic E-state index is -5.42. The van der Waals surface area contributed by atoms with Crippen molar-refractivity contribution in [2.45, 2.75) is 24.7 Å². The highest BCUT2D eigenvalue weighted by Gasteiger charge is 2.68. The Labute approximate surface area is 194 Å². The van der Waals surface area contributed by atoms with Crippen molar-refractivity contribution in [1.82, 2.24) is 14.9 Å². The molecule has 176 valence electrons. The van der Waals surface area contributed by atoms with Crippen LogP contribution in [-0.2, 0) is 23.3 Å². The number of nitrogens with zero attached hydrogens (tertiary/aromatic N) is 1. The van der Waals surface area contributed by atoms with E-state index in [0.717, 1.165) is 10.1 Å². The fraction of sp³-hybridized carbons (Fsp3) is 0.182. The number of carbonyl (C=O) groups is 2. The molecule has 3 N–H and O–H groups in total. The van der Waals surface area contributed by atoms with Crippen LogP contribution in [0.3, 0.4) is 0 Å². The van der Waals surface area contributed by atoms with Gasteiger partial charge in [0.2, 0.25) is 0 Å². The van der Waals surface area contributed by atoms with Gasteiger partial charge in [-0.3, -0.25) is 23.9 Å². The normalized spacial score (nSPS) is 17.2. The highest BCUT2D eigenvalue weighted by molar-refractivity contribution is 6.30. The molecule has 1 aliphatic rings. The summed E-state index contributed by atoms with van der Waals surface area (Å²) in [5.74, 6) is -3.59. The molecule has 4 rings (SSSR count). The average Bonchev–Trinajstić information content (AvgIpc) is 3.08. The first-order chi connectivity index (χ1) is 16.0. The summed E-state index contributed by atoms with van der Waals surface area (Å²) in [6, 6.07) is 13.7. The van der Waals surface area contributed by atoms with Crippen molar-refractivity contribution in [2.24, 2.45) is 0 Å². The third-order valence-electron chi connectivity index (χ3n) is 5.45. The number of benzene rings is 2. The second-order valence-electron chi connectivity index (χ2n) is 7.53. The minimum absolute atomic E-state index is 0.138. The molecular weight excluding hydrogens is 477 g/mol. The Bertz CT molecular complexity index is 1380. The lowest BCUT2D eigenvalue weighted by Gasteiger charge is -2.30. The molecule has 8 nitrogen and oxygen atoms in total. The SMILES string of the molecule is O=C(N[C@@]1(C(F)(F)F)C(=O)Nc2c1c(=O)[nH]c(=O)n2CCc1ccccc1)c1ccc(Cl)cc1. The van der Waals surface area contributed by atoms with Crippen LogP contribution in [0.25, 0.3) is 0 Å². The first kappa shape index (κ1) is 23.3. The summed E-state index contributed by atoms with van der Waals surface area (Å²) in [4.78, 5) is 52.3. The highest BCUT2D eigenvalue weighted by Crippen LogP contribution is 2.45. The van der Waals surface area contributed by atoms with Crippen LogP contribution >= 0.6 is 11.6 Å². The molecule has 0 bridgehead atoms. The zero-order valence-corrected chi connectivity index (χ0v) is 18.0. The molecule has 0 aliphatic carbocycles. The second-order valence-corrected chi connectivity index (χ2v) is 7.97. The molecular formula is C22H16ClF3N4O4. The number of amides is 2. The van der Waals surface area contributed by atoms with Gasteiger partial charge in [0.1, 0.15) is 11.4 Å². The molecule has 3 aromatic rings. The number of aromatic nitrogens is 2. The Balaban J connectivity index is 1.82. The van der Waals surface area contributed by atoms with Crippen molar-refractivity contribution >= 4 is 29.2 Å². The summed E-state index contributed by atoms with van der Waals surface area (Å²) in [5.41, 5.74) is -6.71. The molecule has 0 saturated carbocycles. The zero-order valence-electron chi connectivity index (χ0n) is 17.2. The van der Waals surface area contributed by atoms with Gasteiger partial charge in [-0.1, -0.05) is 41.9 Å². The van der Waals surface area contributed by atoms with Gasteiger partial charge in [-0.25, -0.2) is 4.79 Å². The van der Waals surface area contributed by atoms with Crippen molar-refractivity contribution in [1.29, 1.82) is 0 Å². The van der Waals surface area contributed by atoms with Gasteiger partial charge in [0, 0.05) is 17.1 Å². The van der Waals surface area contributed by atoms with Crippen LogP contribution < -0.4 is 21.9 Å². The number of hydrogen-bond acceptors (Lipinski definition) is 4. The number of alkyl halides is 3. The fourth-order valence-corrected chi connectivity index (χ4v) is 3.89. The van der Waals surface area contributed by atoms with Crippen molar-refractivity contribution in [2.75, 3.05) is 5.32 Å². The van der Waals surface area contributed by atoms with Crippen molar-refractivity contribution in [3.63, 3.8) is 0 Å². The summed E-state index contributed by atoms with van der Waals surface area (Å²) >= 11 is 5.75. The third kappa shape index (κ3) is 3.87. The predicted molar refractivity (Wildman–Crippen MR) is 117 cm³/mol. The molecule has 12 heteroatoms. The van der Waals surface area contributed by atoms with Crippen LogP contribution in [-0.4, -0.2) is 27.5 Å². The van der Waals surface area contributed by atoms with Crippen LogP contribution in [0.1, 0.15) is 21.5 Å². The van der Waals surface area contributed by atoms with Crippen LogP contribution in [0.5, 0.6) is 0 Å². The van der Waals surface area contributed by atoms with E-state index in [1.54, 1.807) is 35.6 Å². The second kappa shape index (κ2) is 8.49. The van der Waals surface area contributed by atoms with Crippen LogP contribution in [0, 0.1) is 0 Å². The summed E-state index contributed by atoms with van der Waals surface area (Å²) in [6.45, 7) is -0.138. The molecule has 0 spiro atoms. The standard InChI is InChI=1S/C22H16ClF3N4O4/c23-14-8-6-13(7-9-14)17(31)29-21(22(24,25)26)15-16(27-19(21)33)30(20(34)28-18(15)32)11-10-12-4-2-1-3-5-12/h1-9H,10-11H2,(H,27,33)(H,29,31)(H,28,32,34)/t21-/m1/s1. The summed E-state index contributed by atoms with van der Waals surface area (Å²) in [7, 11) is 0. The maximum Gasteiger partial charge on any atom is 0.425 e.